The molecule has 2 fully saturated rings. The molecule has 3 heterocycles. The lowest BCUT2D eigenvalue weighted by molar-refractivity contribution is -0.154. The van der Waals surface area contributed by atoms with Gasteiger partial charge in [-0.05, 0) is 51.2 Å². The lowest BCUT2D eigenvalue weighted by Gasteiger charge is -2.34. The molecule has 2 N–H and O–H groups in total. The number of hydrogen-bond acceptors (Lipinski definition) is 8. The van der Waals surface area contributed by atoms with Crippen LogP contribution >= 0.6 is 11.3 Å². The van der Waals surface area contributed by atoms with Crippen LogP contribution in [0.25, 0.3) is 6.08 Å². The molecule has 7 nitrogen and oxygen atoms in total. The van der Waals surface area contributed by atoms with Crippen LogP contribution in [0, 0.1) is 24.2 Å². The summed E-state index contributed by atoms with van der Waals surface area (Å²) < 4.78 is 11.9. The zero-order chi connectivity index (χ0) is 26.1. The Balaban J connectivity index is 1.85. The predicted octanol–water partition coefficient (Wildman–Crippen LogP) is 4.48. The van der Waals surface area contributed by atoms with Crippen molar-refractivity contribution < 1.29 is 29.3 Å². The van der Waals surface area contributed by atoms with Crippen molar-refractivity contribution in [2.75, 3.05) is 0 Å². The van der Waals surface area contributed by atoms with Crippen molar-refractivity contribution in [3.8, 4) is 0 Å². The fourth-order valence-corrected chi connectivity index (χ4v) is 5.64. The van der Waals surface area contributed by atoms with E-state index < -0.39 is 35.6 Å². The smallest absolute Gasteiger partial charge is 0.309 e. The number of ether oxygens (including phenoxy) is 2. The molecule has 1 aromatic rings. The van der Waals surface area contributed by atoms with Gasteiger partial charge in [0.15, 0.2) is 0 Å². The van der Waals surface area contributed by atoms with Crippen LogP contribution in [0.1, 0.15) is 84.3 Å². The second kappa shape index (κ2) is 10.8. The first-order valence-electron chi connectivity index (χ1n) is 12.6. The molecule has 0 aromatic carbocycles. The molecular formula is C27H41NO6S. The number of hydrogen-bond donors (Lipinski definition) is 2. The molecule has 0 radical (unpaired) electrons. The number of ketones is 1. The summed E-state index contributed by atoms with van der Waals surface area (Å²) in [5.41, 5.74) is 0.179. The number of epoxide rings is 1. The number of fused-ring (bicyclic) bond motifs is 1. The van der Waals surface area contributed by atoms with Crippen LogP contribution in [-0.2, 0) is 19.1 Å². The quantitative estimate of drug-likeness (QED) is 0.449. The molecule has 2 aliphatic heterocycles. The maximum absolute atomic E-state index is 13.2. The van der Waals surface area contributed by atoms with Gasteiger partial charge in [-0.2, -0.15) is 0 Å². The minimum absolute atomic E-state index is 0.0455. The predicted molar refractivity (Wildman–Crippen MR) is 136 cm³/mol. The maximum atomic E-state index is 13.2. The van der Waals surface area contributed by atoms with Gasteiger partial charge in [-0.3, -0.25) is 9.59 Å². The highest BCUT2D eigenvalue weighted by molar-refractivity contribution is 7.09. The van der Waals surface area contributed by atoms with Crippen LogP contribution in [0.2, 0.25) is 0 Å². The van der Waals surface area contributed by atoms with Crippen LogP contribution < -0.4 is 0 Å². The number of aliphatic hydroxyl groups excluding tert-OH is 2. The van der Waals surface area contributed by atoms with Gasteiger partial charge in [0.25, 0.3) is 0 Å². The summed E-state index contributed by atoms with van der Waals surface area (Å²) in [5.74, 6) is -1.55. The Kier molecular flexibility index (Phi) is 8.62. The first kappa shape index (κ1) is 28.0. The molecule has 1 aromatic heterocycles. The molecule has 0 amide bonds. The summed E-state index contributed by atoms with van der Waals surface area (Å²) in [4.78, 5) is 30.6. The lowest BCUT2D eigenvalue weighted by Crippen LogP contribution is -2.45. The number of thiazole rings is 1. The van der Waals surface area contributed by atoms with Crippen LogP contribution in [-0.4, -0.2) is 57.0 Å². The van der Waals surface area contributed by atoms with Crippen LogP contribution in [0.5, 0.6) is 0 Å². The van der Waals surface area contributed by atoms with Gasteiger partial charge in [0, 0.05) is 17.7 Å². The zero-order valence-corrected chi connectivity index (χ0v) is 22.9. The molecule has 0 saturated carbocycles. The van der Waals surface area contributed by atoms with E-state index in [1.165, 1.54) is 0 Å². The number of aliphatic hydroxyl groups is 2. The Labute approximate surface area is 212 Å². The third-order valence-electron chi connectivity index (χ3n) is 7.93. The average Bonchev–Trinajstić information content (AvgIpc) is 3.22. The van der Waals surface area contributed by atoms with E-state index in [9.17, 15) is 19.8 Å². The number of rotatable bonds is 2. The van der Waals surface area contributed by atoms with Gasteiger partial charge in [0.2, 0.25) is 0 Å². The minimum Gasteiger partial charge on any atom is -0.458 e. The highest BCUT2D eigenvalue weighted by Gasteiger charge is 2.53. The van der Waals surface area contributed by atoms with E-state index in [-0.39, 0.29) is 29.8 Å². The summed E-state index contributed by atoms with van der Waals surface area (Å²) in [6.45, 7) is 12.8. The average molecular weight is 508 g/mol. The van der Waals surface area contributed by atoms with E-state index in [0.29, 0.717) is 6.42 Å². The maximum Gasteiger partial charge on any atom is 0.309 e. The summed E-state index contributed by atoms with van der Waals surface area (Å²) in [5, 5.41) is 24.6. The van der Waals surface area contributed by atoms with Crippen molar-refractivity contribution in [1.82, 2.24) is 4.98 Å². The van der Waals surface area contributed by atoms with E-state index in [0.717, 1.165) is 35.5 Å². The van der Waals surface area contributed by atoms with E-state index >= 15 is 0 Å². The Morgan fingerprint density at radius 3 is 2.54 bits per heavy atom. The van der Waals surface area contributed by atoms with E-state index in [4.69, 9.17) is 9.47 Å². The van der Waals surface area contributed by atoms with Crippen LogP contribution in [0.15, 0.2) is 11.0 Å². The molecule has 3 rings (SSSR count). The van der Waals surface area contributed by atoms with Crippen molar-refractivity contribution in [3.05, 3.63) is 21.7 Å². The van der Waals surface area contributed by atoms with Gasteiger partial charge in [0.1, 0.15) is 11.9 Å². The summed E-state index contributed by atoms with van der Waals surface area (Å²) in [7, 11) is 0. The summed E-state index contributed by atoms with van der Waals surface area (Å²) in [6, 6.07) is 0. The minimum atomic E-state index is -1.23. The van der Waals surface area contributed by atoms with Gasteiger partial charge in [-0.25, -0.2) is 4.98 Å². The van der Waals surface area contributed by atoms with Crippen molar-refractivity contribution in [2.24, 2.45) is 17.3 Å². The Morgan fingerprint density at radius 1 is 1.23 bits per heavy atom. The number of carbonyl (C=O) groups is 2. The van der Waals surface area contributed by atoms with Crippen LogP contribution in [0.4, 0.5) is 0 Å². The van der Waals surface area contributed by atoms with Crippen molar-refractivity contribution in [3.63, 3.8) is 0 Å². The standard InChI is InChI=1S/C27H41NO6S/c1-15-9-8-10-27(7)22(34-27)12-20(16(2)11-19-14-35-18(4)28-19)33-23(30)13-21(29)26(5,6)25(32)17(3)24(15)31/h11,14-15,17,20-22,24,29,31H,8-10,12-13H2,1-7H3/b16-11+/t15?,17?,20?,21?,22-,24?,27+/m0/s1. The molecule has 5 unspecified atom stereocenters. The second-order valence-electron chi connectivity index (χ2n) is 11.3. The fraction of sp³-hybridized carbons (Fsp3) is 0.741. The van der Waals surface area contributed by atoms with E-state index in [1.54, 1.807) is 32.1 Å². The van der Waals surface area contributed by atoms with Gasteiger partial charge >= 0.3 is 5.97 Å². The number of esters is 1. The van der Waals surface area contributed by atoms with Gasteiger partial charge in [-0.15, -0.1) is 11.3 Å². The normalized spacial score (nSPS) is 37.5. The molecule has 35 heavy (non-hydrogen) atoms. The Morgan fingerprint density at radius 2 is 1.91 bits per heavy atom. The molecule has 196 valence electrons. The molecular weight excluding hydrogens is 466 g/mol. The lowest BCUT2D eigenvalue weighted by atomic mass is 9.73. The number of nitrogens with zero attached hydrogens (tertiary/aromatic N) is 1. The van der Waals surface area contributed by atoms with Crippen molar-refractivity contribution in [1.29, 1.82) is 0 Å². The Hall–Kier alpha value is -1.61. The first-order chi connectivity index (χ1) is 16.2. The molecule has 2 aliphatic rings. The Bertz CT molecular complexity index is 955. The molecule has 0 spiro atoms. The number of cyclic esters (lactones) is 1. The largest absolute Gasteiger partial charge is 0.458 e. The van der Waals surface area contributed by atoms with Crippen molar-refractivity contribution >= 4 is 29.2 Å². The van der Waals surface area contributed by atoms with Crippen LogP contribution in [0.3, 0.4) is 0 Å². The SMILES string of the molecule is C/C(=C\c1csc(C)n1)C1C[C@@H]2O[C@]2(C)CCCC(C)C(O)C(C)C(=O)C(C)(C)C(O)CC(=O)O1. The first-order valence-corrected chi connectivity index (χ1v) is 13.5. The fourth-order valence-electron chi connectivity index (χ4n) is 5.07. The second-order valence-corrected chi connectivity index (χ2v) is 12.3. The third-order valence-corrected chi connectivity index (χ3v) is 8.72. The number of Topliss-reactive ketones (excluding diaryl/α,β-unsaturated/α-hetero) is 1. The van der Waals surface area contributed by atoms with E-state index in [2.05, 4.69) is 11.9 Å². The summed E-state index contributed by atoms with van der Waals surface area (Å²) >= 11 is 1.56. The zero-order valence-electron chi connectivity index (χ0n) is 22.0. The van der Waals surface area contributed by atoms with Gasteiger partial charge in [-0.1, -0.05) is 34.1 Å². The summed E-state index contributed by atoms with van der Waals surface area (Å²) in [6.07, 6.45) is 1.98. The number of carbonyl (C=O) groups excluding carboxylic acids is 2. The molecule has 2 saturated heterocycles. The van der Waals surface area contributed by atoms with E-state index in [1.807, 2.05) is 32.2 Å². The highest BCUT2D eigenvalue weighted by atomic mass is 32.1. The monoisotopic (exact) mass is 507 g/mol. The molecule has 8 heteroatoms. The van der Waals surface area contributed by atoms with Crippen molar-refractivity contribution in [2.45, 2.75) is 111 Å². The molecule has 7 atom stereocenters. The topological polar surface area (TPSA) is 109 Å². The molecule has 0 bridgehead atoms. The number of aryl methyl sites for hydroxylation is 1. The van der Waals surface area contributed by atoms with Gasteiger partial charge < -0.3 is 19.7 Å². The third kappa shape index (κ3) is 6.59. The highest BCUT2D eigenvalue weighted by Crippen LogP contribution is 2.45. The molecule has 0 aliphatic carbocycles. The van der Waals surface area contributed by atoms with Gasteiger partial charge in [0.05, 0.1) is 46.5 Å². The number of aromatic nitrogens is 1.